The summed E-state index contributed by atoms with van der Waals surface area (Å²) in [6.45, 7) is 6.47. The average Bonchev–Trinajstić information content (AvgIpc) is 3.01. The van der Waals surface area contributed by atoms with Crippen molar-refractivity contribution in [2.45, 2.75) is 33.4 Å². The molecule has 0 spiro atoms. The molecule has 0 amide bonds. The van der Waals surface area contributed by atoms with Crippen LogP contribution >= 0.6 is 0 Å². The van der Waals surface area contributed by atoms with Gasteiger partial charge in [-0.2, -0.15) is 4.98 Å². The summed E-state index contributed by atoms with van der Waals surface area (Å²) in [4.78, 5) is 4.17. The van der Waals surface area contributed by atoms with E-state index in [-0.39, 0.29) is 6.04 Å². The zero-order valence-corrected chi connectivity index (χ0v) is 11.8. The number of para-hydroxylation sites is 1. The normalized spacial score (nSPS) is 12.9. The second-order valence-electron chi connectivity index (χ2n) is 4.93. The fourth-order valence-corrected chi connectivity index (χ4v) is 2.35. The Hall–Kier alpha value is -2.14. The van der Waals surface area contributed by atoms with Gasteiger partial charge in [0.05, 0.1) is 12.6 Å². The zero-order valence-electron chi connectivity index (χ0n) is 11.8. The summed E-state index contributed by atoms with van der Waals surface area (Å²) in [5, 5.41) is 8.27. The monoisotopic (exact) mass is 271 g/mol. The minimum Gasteiger partial charge on any atom is -0.459 e. The highest BCUT2D eigenvalue weighted by Crippen LogP contribution is 2.29. The number of fused-ring (bicyclic) bond motifs is 1. The molecule has 1 atom stereocenters. The summed E-state index contributed by atoms with van der Waals surface area (Å²) in [5.41, 5.74) is 2.09. The van der Waals surface area contributed by atoms with Crippen molar-refractivity contribution < 1.29 is 8.94 Å². The van der Waals surface area contributed by atoms with Crippen LogP contribution in [-0.4, -0.2) is 10.1 Å². The lowest BCUT2D eigenvalue weighted by atomic mass is 10.1. The number of hydrogen-bond acceptors (Lipinski definition) is 5. The lowest BCUT2D eigenvalue weighted by Gasteiger charge is -2.10. The van der Waals surface area contributed by atoms with E-state index >= 15 is 0 Å². The van der Waals surface area contributed by atoms with Crippen LogP contribution in [0.2, 0.25) is 0 Å². The van der Waals surface area contributed by atoms with Crippen molar-refractivity contribution in [3.8, 4) is 0 Å². The molecule has 0 aliphatic heterocycles. The van der Waals surface area contributed by atoms with Crippen LogP contribution in [0.4, 0.5) is 0 Å². The Balaban J connectivity index is 1.78. The van der Waals surface area contributed by atoms with Crippen LogP contribution in [0.3, 0.4) is 0 Å². The molecule has 0 saturated heterocycles. The largest absolute Gasteiger partial charge is 0.459 e. The Morgan fingerprint density at radius 1 is 1.25 bits per heavy atom. The first-order valence-corrected chi connectivity index (χ1v) is 6.65. The van der Waals surface area contributed by atoms with E-state index in [1.165, 1.54) is 5.56 Å². The van der Waals surface area contributed by atoms with Gasteiger partial charge in [0.15, 0.2) is 5.82 Å². The predicted molar refractivity (Wildman–Crippen MR) is 75.2 cm³/mol. The maximum Gasteiger partial charge on any atom is 0.240 e. The highest BCUT2D eigenvalue weighted by atomic mass is 16.5. The molecule has 5 nitrogen and oxygen atoms in total. The molecule has 0 radical (unpaired) electrons. The average molecular weight is 271 g/mol. The Morgan fingerprint density at radius 2 is 2.05 bits per heavy atom. The molecule has 0 aliphatic rings. The van der Waals surface area contributed by atoms with Gasteiger partial charge in [-0.3, -0.25) is 5.32 Å². The van der Waals surface area contributed by atoms with Crippen molar-refractivity contribution in [1.82, 2.24) is 15.5 Å². The highest BCUT2D eigenvalue weighted by Gasteiger charge is 2.16. The third kappa shape index (κ3) is 2.32. The predicted octanol–water partition coefficient (Wildman–Crippen LogP) is 3.28. The van der Waals surface area contributed by atoms with Gasteiger partial charge in [0.2, 0.25) is 5.89 Å². The molecular formula is C15H17N3O2. The minimum atomic E-state index is 0.0783. The van der Waals surface area contributed by atoms with Crippen LogP contribution in [0.5, 0.6) is 0 Å². The highest BCUT2D eigenvalue weighted by molar-refractivity contribution is 5.82. The van der Waals surface area contributed by atoms with Gasteiger partial charge >= 0.3 is 0 Å². The van der Waals surface area contributed by atoms with Crippen LogP contribution in [0, 0.1) is 13.8 Å². The van der Waals surface area contributed by atoms with Crippen LogP contribution in [-0.2, 0) is 6.54 Å². The third-order valence-corrected chi connectivity index (χ3v) is 3.40. The molecule has 1 N–H and O–H groups in total. The molecule has 2 aromatic heterocycles. The first-order chi connectivity index (χ1) is 9.65. The Bertz CT molecular complexity index is 730. The Morgan fingerprint density at radius 3 is 2.75 bits per heavy atom. The fourth-order valence-electron chi connectivity index (χ4n) is 2.35. The molecule has 1 unspecified atom stereocenters. The van der Waals surface area contributed by atoms with Crippen molar-refractivity contribution in [3.05, 3.63) is 47.3 Å². The molecule has 0 bridgehead atoms. The summed E-state index contributed by atoms with van der Waals surface area (Å²) in [6, 6.07) is 8.14. The van der Waals surface area contributed by atoms with Crippen molar-refractivity contribution in [1.29, 1.82) is 0 Å². The van der Waals surface area contributed by atoms with E-state index in [1.807, 2.05) is 18.2 Å². The number of aromatic nitrogens is 2. The van der Waals surface area contributed by atoms with E-state index in [2.05, 4.69) is 35.4 Å². The SMILES string of the molecule is Cc1noc(CNC(C)c2oc3ccccc3c2C)n1. The summed E-state index contributed by atoms with van der Waals surface area (Å²) in [7, 11) is 0. The van der Waals surface area contributed by atoms with Gasteiger partial charge in [0.1, 0.15) is 11.3 Å². The summed E-state index contributed by atoms with van der Waals surface area (Å²) in [6.07, 6.45) is 0. The van der Waals surface area contributed by atoms with Crippen LogP contribution < -0.4 is 5.32 Å². The van der Waals surface area contributed by atoms with Crippen LogP contribution in [0.25, 0.3) is 11.0 Å². The maximum absolute atomic E-state index is 5.93. The van der Waals surface area contributed by atoms with E-state index in [0.717, 1.165) is 16.7 Å². The number of nitrogens with one attached hydrogen (secondary N) is 1. The second kappa shape index (κ2) is 5.09. The zero-order chi connectivity index (χ0) is 14.1. The van der Waals surface area contributed by atoms with Crippen molar-refractivity contribution >= 4 is 11.0 Å². The minimum absolute atomic E-state index is 0.0783. The third-order valence-electron chi connectivity index (χ3n) is 3.40. The fraction of sp³-hybridized carbons (Fsp3) is 0.333. The Kier molecular flexibility index (Phi) is 3.28. The van der Waals surface area contributed by atoms with Gasteiger partial charge in [-0.1, -0.05) is 23.4 Å². The molecule has 5 heteroatoms. The summed E-state index contributed by atoms with van der Waals surface area (Å²) >= 11 is 0. The lowest BCUT2D eigenvalue weighted by Crippen LogP contribution is -2.18. The maximum atomic E-state index is 5.93. The first-order valence-electron chi connectivity index (χ1n) is 6.65. The number of rotatable bonds is 4. The standard InChI is InChI=1S/C15H17N3O2/c1-9-12-6-4-5-7-13(12)19-15(9)10(2)16-8-14-17-11(3)18-20-14/h4-7,10,16H,8H2,1-3H3. The van der Waals surface area contributed by atoms with Gasteiger partial charge in [-0.15, -0.1) is 0 Å². The van der Waals surface area contributed by atoms with Crippen LogP contribution in [0.15, 0.2) is 33.2 Å². The van der Waals surface area contributed by atoms with Crippen LogP contribution in [0.1, 0.15) is 36.0 Å². The molecule has 3 aromatic rings. The van der Waals surface area contributed by atoms with Gasteiger partial charge in [-0.25, -0.2) is 0 Å². The molecule has 1 aromatic carbocycles. The van der Waals surface area contributed by atoms with E-state index in [0.29, 0.717) is 18.3 Å². The number of nitrogens with zero attached hydrogens (tertiary/aromatic N) is 2. The summed E-state index contributed by atoms with van der Waals surface area (Å²) in [5.74, 6) is 2.18. The van der Waals surface area contributed by atoms with Gasteiger partial charge in [0.25, 0.3) is 0 Å². The Labute approximate surface area is 117 Å². The second-order valence-corrected chi connectivity index (χ2v) is 4.93. The molecule has 0 saturated carbocycles. The lowest BCUT2D eigenvalue weighted by molar-refractivity contribution is 0.349. The first kappa shape index (κ1) is 12.9. The number of benzene rings is 1. The van der Waals surface area contributed by atoms with Gasteiger partial charge in [-0.05, 0) is 32.4 Å². The molecule has 0 fully saturated rings. The van der Waals surface area contributed by atoms with E-state index in [4.69, 9.17) is 8.94 Å². The molecule has 2 heterocycles. The molecular weight excluding hydrogens is 254 g/mol. The molecule has 20 heavy (non-hydrogen) atoms. The van der Waals surface area contributed by atoms with Crippen molar-refractivity contribution in [2.24, 2.45) is 0 Å². The number of furan rings is 1. The van der Waals surface area contributed by atoms with Crippen molar-refractivity contribution in [2.75, 3.05) is 0 Å². The van der Waals surface area contributed by atoms with E-state index < -0.39 is 0 Å². The smallest absolute Gasteiger partial charge is 0.240 e. The number of aryl methyl sites for hydroxylation is 2. The molecule has 0 aliphatic carbocycles. The quantitative estimate of drug-likeness (QED) is 0.788. The van der Waals surface area contributed by atoms with E-state index in [9.17, 15) is 0 Å². The molecule has 104 valence electrons. The number of hydrogen-bond donors (Lipinski definition) is 1. The van der Waals surface area contributed by atoms with E-state index in [1.54, 1.807) is 6.92 Å². The van der Waals surface area contributed by atoms with Gasteiger partial charge in [0, 0.05) is 5.39 Å². The van der Waals surface area contributed by atoms with Crippen molar-refractivity contribution in [3.63, 3.8) is 0 Å². The van der Waals surface area contributed by atoms with Gasteiger partial charge < -0.3 is 8.94 Å². The molecule has 3 rings (SSSR count). The topological polar surface area (TPSA) is 64.1 Å². The summed E-state index contributed by atoms with van der Waals surface area (Å²) < 4.78 is 11.0.